The number of aryl methyl sites for hydroxylation is 5. The third-order valence-electron chi connectivity index (χ3n) is 23.7. The zero-order valence-electron chi connectivity index (χ0n) is 79.6. The number of hydrogen-bond acceptors (Lipinski definition) is 15. The Balaban J connectivity index is 0.000000115. The van der Waals surface area contributed by atoms with Crippen LogP contribution >= 0.6 is 0 Å². The Labute approximate surface area is 833 Å². The lowest BCUT2D eigenvalue weighted by Crippen LogP contribution is -2.00. The zero-order chi connectivity index (χ0) is 97.3. The van der Waals surface area contributed by atoms with Gasteiger partial charge in [-0.1, -0.05) is 473 Å². The van der Waals surface area contributed by atoms with Crippen LogP contribution in [0.25, 0.3) is 203 Å². The van der Waals surface area contributed by atoms with Crippen molar-refractivity contribution in [3.63, 3.8) is 0 Å². The van der Waals surface area contributed by atoms with E-state index >= 15 is 0 Å². The lowest BCUT2D eigenvalue weighted by Gasteiger charge is -2.12. The molecule has 0 saturated carbocycles. The summed E-state index contributed by atoms with van der Waals surface area (Å²) >= 11 is 0. The molecule has 15 heteroatoms. The predicted octanol–water partition coefficient (Wildman–Crippen LogP) is 30.9. The van der Waals surface area contributed by atoms with Gasteiger partial charge in [-0.05, 0) is 148 Å². The van der Waals surface area contributed by atoms with Gasteiger partial charge < -0.3 is 0 Å². The predicted molar refractivity (Wildman–Crippen MR) is 581 cm³/mol. The molecule has 0 fully saturated rings. The minimum Gasteiger partial charge on any atom is -0.213 e. The van der Waals surface area contributed by atoms with Crippen molar-refractivity contribution in [1.82, 2.24) is 74.8 Å². The molecule has 0 saturated heterocycles. The lowest BCUT2D eigenvalue weighted by atomic mass is 9.96. The highest BCUT2D eigenvalue weighted by molar-refractivity contribution is 5.82. The third kappa shape index (κ3) is 24.2. The molecule has 0 N–H and O–H groups in total. The summed E-state index contributed by atoms with van der Waals surface area (Å²) in [5.41, 5.74) is 28.6. The highest BCUT2D eigenvalue weighted by Crippen LogP contribution is 2.37. The Morgan fingerprint density at radius 3 is 0.392 bits per heavy atom. The highest BCUT2D eigenvalue weighted by atomic mass is 15.1. The quantitative estimate of drug-likeness (QED) is 0.0787. The maximum Gasteiger partial charge on any atom is 0.163 e. The maximum absolute atomic E-state index is 4.92. The van der Waals surface area contributed by atoms with Crippen LogP contribution in [-0.2, 0) is 0 Å². The molecule has 5 aromatic heterocycles. The standard InChI is InChI=1S/C34H25N3.2C28H21N3.C22H17N3.C16H13N3/c1-24-35-33(29-19-17-28(18-20-29)25-11-5-2-6-12-25)37-34(36-24)32-22-30(26-13-7-3-8-14-26)21-31(23-32)27-15-9-4-10-16-27;1-20-29-27(24-17-15-23(16-18-24)21-9-4-2-5-10-21)31-28(30-20)26-14-8-13-25(19-26)22-11-6-3-7-12-22;1-20-29-27(25-16-12-23(13-17-25)21-8-4-2-5-9-21)31-28(30-20)26-18-14-24(15-19-26)22-10-6-3-7-11-22;1-16-23-21(19-10-6-3-7-11-19)25-22(24-16)20-14-12-18(13-15-20)17-8-4-2-5-9-17;1-12-17-15(13-8-4-2-5-9-13)19-16(18-12)14-10-6-3-7-11-14/h2-23H,1H3;2*2-19H,1H3;2-15H,1H3;2-11H,1H3. The summed E-state index contributed by atoms with van der Waals surface area (Å²) in [6.07, 6.45) is 0. The summed E-state index contributed by atoms with van der Waals surface area (Å²) in [7, 11) is 0. The van der Waals surface area contributed by atoms with Gasteiger partial charge in [0.15, 0.2) is 58.2 Å². The van der Waals surface area contributed by atoms with E-state index in [1.54, 1.807) is 0 Å². The molecule has 0 atom stereocenters. The summed E-state index contributed by atoms with van der Waals surface area (Å²) in [5, 5.41) is 0. The van der Waals surface area contributed by atoms with Gasteiger partial charge in [-0.25, -0.2) is 74.8 Å². The second-order valence-electron chi connectivity index (χ2n) is 33.9. The monoisotopic (exact) mass is 1840 g/mol. The van der Waals surface area contributed by atoms with Crippen molar-refractivity contribution in [2.24, 2.45) is 0 Å². The van der Waals surface area contributed by atoms with Gasteiger partial charge in [-0.15, -0.1) is 0 Å². The number of benzene rings is 18. The van der Waals surface area contributed by atoms with Crippen LogP contribution in [0.1, 0.15) is 29.1 Å². The van der Waals surface area contributed by atoms with Gasteiger partial charge in [0, 0.05) is 55.6 Å². The van der Waals surface area contributed by atoms with E-state index in [2.05, 4.69) is 352 Å². The fourth-order valence-electron chi connectivity index (χ4n) is 16.5. The molecular weight excluding hydrogens is 1750 g/mol. The molecule has 143 heavy (non-hydrogen) atoms. The molecule has 684 valence electrons. The Morgan fingerprint density at radius 2 is 0.196 bits per heavy atom. The van der Waals surface area contributed by atoms with Crippen molar-refractivity contribution in [2.75, 3.05) is 0 Å². The lowest BCUT2D eigenvalue weighted by molar-refractivity contribution is 0.991. The van der Waals surface area contributed by atoms with E-state index < -0.39 is 0 Å². The van der Waals surface area contributed by atoms with Crippen LogP contribution in [0.15, 0.2) is 497 Å². The third-order valence-corrected chi connectivity index (χ3v) is 23.7. The Kier molecular flexibility index (Phi) is 29.5. The molecule has 15 nitrogen and oxygen atoms in total. The van der Waals surface area contributed by atoms with Crippen LogP contribution in [-0.4, -0.2) is 74.8 Å². The summed E-state index contributed by atoms with van der Waals surface area (Å²) in [4.78, 5) is 69.2. The summed E-state index contributed by atoms with van der Waals surface area (Å²) in [5.74, 6) is 10.5. The minimum absolute atomic E-state index is 0.671. The molecule has 0 aliphatic rings. The number of nitrogens with zero attached hydrogens (tertiary/aromatic N) is 15. The summed E-state index contributed by atoms with van der Waals surface area (Å²) in [6.45, 7) is 9.53. The second-order valence-corrected chi connectivity index (χ2v) is 33.9. The van der Waals surface area contributed by atoms with Crippen LogP contribution in [0, 0.1) is 34.6 Å². The van der Waals surface area contributed by atoms with Gasteiger partial charge in [0.05, 0.1) is 0 Å². The molecular formula is C128H97N15. The van der Waals surface area contributed by atoms with Crippen molar-refractivity contribution >= 4 is 0 Å². The molecule has 0 radical (unpaired) electrons. The van der Waals surface area contributed by atoms with Gasteiger partial charge in [0.25, 0.3) is 0 Å². The number of rotatable bonds is 18. The second kappa shape index (κ2) is 45.3. The van der Waals surface area contributed by atoms with Crippen molar-refractivity contribution in [3.8, 4) is 203 Å². The van der Waals surface area contributed by atoms with Crippen molar-refractivity contribution < 1.29 is 0 Å². The van der Waals surface area contributed by atoms with Gasteiger partial charge in [0.1, 0.15) is 29.1 Å². The SMILES string of the molecule is Cc1nc(-c2ccc(-c3ccccc3)cc2)nc(-c2cc(-c3ccccc3)cc(-c3ccccc3)c2)n1.Cc1nc(-c2ccc(-c3ccccc3)cc2)nc(-c2ccc(-c3ccccc3)cc2)n1.Cc1nc(-c2ccc(-c3ccccc3)cc2)nc(-c2cccc(-c3ccccc3)c2)n1.Cc1nc(-c2ccccc2)nc(-c2ccc(-c3ccccc3)cc2)n1.Cc1nc(-c2ccccc2)nc(-c2ccccc2)n1. The average molecular weight is 1850 g/mol. The van der Waals surface area contributed by atoms with Crippen LogP contribution in [0.5, 0.6) is 0 Å². The first-order valence-corrected chi connectivity index (χ1v) is 47.4. The first kappa shape index (κ1) is 93.0. The minimum atomic E-state index is 0.671. The Morgan fingerprint density at radius 1 is 0.0839 bits per heavy atom. The normalized spacial score (nSPS) is 10.7. The molecule has 0 amide bonds. The van der Waals surface area contributed by atoms with Crippen molar-refractivity contribution in [2.45, 2.75) is 34.6 Å². The fraction of sp³-hybridized carbons (Fsp3) is 0.0391. The molecule has 0 spiro atoms. The first-order valence-electron chi connectivity index (χ1n) is 47.4. The maximum atomic E-state index is 4.92. The first-order chi connectivity index (χ1) is 70.4. The zero-order valence-corrected chi connectivity index (χ0v) is 79.6. The number of aromatic nitrogens is 15. The molecule has 0 aliphatic carbocycles. The van der Waals surface area contributed by atoms with Crippen LogP contribution in [0.3, 0.4) is 0 Å². The number of hydrogen-bond donors (Lipinski definition) is 0. The van der Waals surface area contributed by atoms with E-state index in [4.69, 9.17) is 19.9 Å². The molecule has 18 aromatic carbocycles. The summed E-state index contributed by atoms with van der Waals surface area (Å²) in [6, 6.07) is 170. The van der Waals surface area contributed by atoms with Gasteiger partial charge in [0.2, 0.25) is 0 Å². The van der Waals surface area contributed by atoms with Crippen molar-refractivity contribution in [3.05, 3.63) is 527 Å². The van der Waals surface area contributed by atoms with Crippen LogP contribution < -0.4 is 0 Å². The van der Waals surface area contributed by atoms with E-state index in [1.165, 1.54) is 61.2 Å². The van der Waals surface area contributed by atoms with Gasteiger partial charge >= 0.3 is 0 Å². The molecule has 5 heterocycles. The van der Waals surface area contributed by atoms with Crippen LogP contribution in [0.4, 0.5) is 0 Å². The van der Waals surface area contributed by atoms with E-state index in [-0.39, 0.29) is 0 Å². The van der Waals surface area contributed by atoms with Gasteiger partial charge in [-0.2, -0.15) is 0 Å². The molecule has 0 bridgehead atoms. The average Bonchev–Trinajstić information content (AvgIpc) is 0.771. The van der Waals surface area contributed by atoms with Gasteiger partial charge in [-0.3, -0.25) is 0 Å². The molecule has 0 unspecified atom stereocenters. The Bertz CT molecular complexity index is 7910. The smallest absolute Gasteiger partial charge is 0.163 e. The fourth-order valence-corrected chi connectivity index (χ4v) is 16.5. The van der Waals surface area contributed by atoms with Crippen molar-refractivity contribution in [1.29, 1.82) is 0 Å². The van der Waals surface area contributed by atoms with E-state index in [0.717, 1.165) is 95.1 Å². The largest absolute Gasteiger partial charge is 0.213 e. The van der Waals surface area contributed by atoms with E-state index in [9.17, 15) is 0 Å². The molecule has 23 aromatic rings. The van der Waals surface area contributed by atoms with E-state index in [0.29, 0.717) is 75.7 Å². The van der Waals surface area contributed by atoms with E-state index in [1.807, 2.05) is 235 Å². The Hall–Kier alpha value is -19.0. The van der Waals surface area contributed by atoms with Crippen LogP contribution in [0.2, 0.25) is 0 Å². The summed E-state index contributed by atoms with van der Waals surface area (Å²) < 4.78 is 0. The highest BCUT2D eigenvalue weighted by Gasteiger charge is 2.19. The molecule has 23 rings (SSSR count). The topological polar surface area (TPSA) is 193 Å². The molecule has 0 aliphatic heterocycles.